The van der Waals surface area contributed by atoms with Gasteiger partial charge in [0.25, 0.3) is 0 Å². The number of rotatable bonds is 9. The molecule has 0 aromatic carbocycles. The molecule has 1 fully saturated rings. The lowest BCUT2D eigenvalue weighted by atomic mass is 9.97. The molecule has 0 atom stereocenters. The summed E-state index contributed by atoms with van der Waals surface area (Å²) in [4.78, 5) is 18.6. The molecule has 142 valence electrons. The highest BCUT2D eigenvalue weighted by atomic mass is 127. The third-order valence-corrected chi connectivity index (χ3v) is 3.68. The molecular formula is C16H32IN3O4. The van der Waals surface area contributed by atoms with Crippen LogP contribution in [0.3, 0.4) is 0 Å². The van der Waals surface area contributed by atoms with E-state index in [9.17, 15) is 4.79 Å². The predicted octanol–water partition coefficient (Wildman–Crippen LogP) is 1.51. The van der Waals surface area contributed by atoms with Gasteiger partial charge in [-0.1, -0.05) is 0 Å². The second kappa shape index (κ2) is 14.7. The molecule has 0 bridgehead atoms. The first kappa shape index (κ1) is 23.4. The Hall–Kier alpha value is -0.610. The molecule has 0 spiro atoms. The molecule has 0 aromatic heterocycles. The second-order valence-electron chi connectivity index (χ2n) is 5.35. The average Bonchev–Trinajstić information content (AvgIpc) is 2.57. The van der Waals surface area contributed by atoms with Gasteiger partial charge in [-0.25, -0.2) is 0 Å². The number of hydrogen-bond donors (Lipinski definition) is 1. The minimum Gasteiger partial charge on any atom is -0.466 e. The smallest absolute Gasteiger partial charge is 0.309 e. The third kappa shape index (κ3) is 9.03. The fourth-order valence-electron chi connectivity index (χ4n) is 2.47. The van der Waals surface area contributed by atoms with Crippen LogP contribution in [-0.2, 0) is 19.0 Å². The van der Waals surface area contributed by atoms with Crippen LogP contribution >= 0.6 is 24.0 Å². The summed E-state index contributed by atoms with van der Waals surface area (Å²) in [5.41, 5.74) is 0. The molecule has 0 amide bonds. The van der Waals surface area contributed by atoms with E-state index in [4.69, 9.17) is 14.2 Å². The lowest BCUT2D eigenvalue weighted by molar-refractivity contribution is -0.149. The lowest BCUT2D eigenvalue weighted by Gasteiger charge is -2.33. The second-order valence-corrected chi connectivity index (χ2v) is 5.35. The molecule has 0 radical (unpaired) electrons. The van der Waals surface area contributed by atoms with Crippen molar-refractivity contribution in [2.45, 2.75) is 26.7 Å². The van der Waals surface area contributed by atoms with Crippen molar-refractivity contribution in [3.63, 3.8) is 0 Å². The zero-order valence-corrected chi connectivity index (χ0v) is 17.4. The highest BCUT2D eigenvalue weighted by Crippen LogP contribution is 2.18. The Kier molecular flexibility index (Phi) is 14.3. The molecule has 8 heteroatoms. The van der Waals surface area contributed by atoms with Gasteiger partial charge >= 0.3 is 5.97 Å². The zero-order chi connectivity index (χ0) is 16.9. The maximum atomic E-state index is 11.8. The fraction of sp³-hybridized carbons (Fsp3) is 0.875. The van der Waals surface area contributed by atoms with Gasteiger partial charge in [-0.2, -0.15) is 0 Å². The normalized spacial score (nSPS) is 15.8. The van der Waals surface area contributed by atoms with E-state index in [1.807, 2.05) is 6.92 Å². The fourth-order valence-corrected chi connectivity index (χ4v) is 2.47. The Bertz CT molecular complexity index is 361. The number of hydrogen-bond acceptors (Lipinski definition) is 5. The molecule has 1 saturated heterocycles. The van der Waals surface area contributed by atoms with Crippen molar-refractivity contribution in [2.24, 2.45) is 10.9 Å². The van der Waals surface area contributed by atoms with Crippen molar-refractivity contribution >= 4 is 35.9 Å². The summed E-state index contributed by atoms with van der Waals surface area (Å²) in [5.74, 6) is 0.845. The van der Waals surface area contributed by atoms with E-state index in [-0.39, 0.29) is 35.9 Å². The van der Waals surface area contributed by atoms with Crippen LogP contribution in [0.15, 0.2) is 4.99 Å². The van der Waals surface area contributed by atoms with Crippen LogP contribution in [0, 0.1) is 5.92 Å². The van der Waals surface area contributed by atoms with Gasteiger partial charge in [-0.3, -0.25) is 9.79 Å². The minimum absolute atomic E-state index is 0. The van der Waals surface area contributed by atoms with Crippen LogP contribution in [0.2, 0.25) is 0 Å². The Morgan fingerprint density at radius 2 is 1.92 bits per heavy atom. The van der Waals surface area contributed by atoms with Gasteiger partial charge < -0.3 is 24.4 Å². The molecular weight excluding hydrogens is 425 g/mol. The number of esters is 1. The van der Waals surface area contributed by atoms with Crippen molar-refractivity contribution in [1.29, 1.82) is 0 Å². The van der Waals surface area contributed by atoms with Crippen LogP contribution in [0.1, 0.15) is 26.7 Å². The van der Waals surface area contributed by atoms with E-state index < -0.39 is 0 Å². The summed E-state index contributed by atoms with van der Waals surface area (Å²) in [7, 11) is 1.66. The molecule has 0 saturated carbocycles. The SMILES string of the molecule is CCNC(=NCCOCCOC)N1CCC(C(=O)OCC)CC1.I. The number of nitrogens with one attached hydrogen (secondary N) is 1. The quantitative estimate of drug-likeness (QED) is 0.186. The lowest BCUT2D eigenvalue weighted by Crippen LogP contribution is -2.46. The Labute approximate surface area is 162 Å². The first-order valence-corrected chi connectivity index (χ1v) is 8.49. The predicted molar refractivity (Wildman–Crippen MR) is 105 cm³/mol. The first-order chi connectivity index (χ1) is 11.2. The van der Waals surface area contributed by atoms with E-state index in [1.165, 1.54) is 0 Å². The summed E-state index contributed by atoms with van der Waals surface area (Å²) < 4.78 is 15.5. The van der Waals surface area contributed by atoms with Crippen molar-refractivity contribution < 1.29 is 19.0 Å². The topological polar surface area (TPSA) is 72.4 Å². The van der Waals surface area contributed by atoms with Gasteiger partial charge in [0.15, 0.2) is 5.96 Å². The number of carbonyl (C=O) groups is 1. The molecule has 1 aliphatic heterocycles. The molecule has 0 aliphatic carbocycles. The number of methoxy groups -OCH3 is 1. The largest absolute Gasteiger partial charge is 0.466 e. The van der Waals surface area contributed by atoms with E-state index in [2.05, 4.69) is 22.1 Å². The average molecular weight is 457 g/mol. The maximum Gasteiger partial charge on any atom is 0.309 e. The summed E-state index contributed by atoms with van der Waals surface area (Å²) in [6.07, 6.45) is 1.63. The van der Waals surface area contributed by atoms with Gasteiger partial charge in [-0.05, 0) is 26.7 Å². The first-order valence-electron chi connectivity index (χ1n) is 8.49. The molecule has 24 heavy (non-hydrogen) atoms. The Morgan fingerprint density at radius 1 is 1.21 bits per heavy atom. The number of ether oxygens (including phenoxy) is 3. The molecule has 1 heterocycles. The van der Waals surface area contributed by atoms with Gasteiger partial charge in [0.1, 0.15) is 0 Å². The van der Waals surface area contributed by atoms with Crippen LogP contribution in [0.25, 0.3) is 0 Å². The van der Waals surface area contributed by atoms with E-state index in [0.717, 1.165) is 38.4 Å². The number of aliphatic imine (C=N–C) groups is 1. The van der Waals surface area contributed by atoms with Crippen LogP contribution < -0.4 is 5.32 Å². The Morgan fingerprint density at radius 3 is 2.50 bits per heavy atom. The summed E-state index contributed by atoms with van der Waals surface area (Å²) in [6.45, 7) is 9.20. The molecule has 0 aromatic rings. The van der Waals surface area contributed by atoms with Gasteiger partial charge in [0.05, 0.1) is 38.9 Å². The van der Waals surface area contributed by atoms with Crippen molar-refractivity contribution in [3.8, 4) is 0 Å². The van der Waals surface area contributed by atoms with Crippen LogP contribution in [-0.4, -0.2) is 76.5 Å². The number of nitrogens with zero attached hydrogens (tertiary/aromatic N) is 2. The summed E-state index contributed by atoms with van der Waals surface area (Å²) >= 11 is 0. The summed E-state index contributed by atoms with van der Waals surface area (Å²) in [6, 6.07) is 0. The number of halogens is 1. The standard InChI is InChI=1S/C16H31N3O4.HI/c1-4-17-16(18-8-11-22-13-12-21-3)19-9-6-14(7-10-19)15(20)23-5-2;/h14H,4-13H2,1-3H3,(H,17,18);1H. The van der Waals surface area contributed by atoms with Crippen LogP contribution in [0.5, 0.6) is 0 Å². The highest BCUT2D eigenvalue weighted by molar-refractivity contribution is 14.0. The van der Waals surface area contributed by atoms with E-state index >= 15 is 0 Å². The molecule has 1 N–H and O–H groups in total. The number of guanidine groups is 1. The monoisotopic (exact) mass is 457 g/mol. The van der Waals surface area contributed by atoms with E-state index in [1.54, 1.807) is 7.11 Å². The number of piperidine rings is 1. The maximum absolute atomic E-state index is 11.8. The number of likely N-dealkylation sites (tertiary alicyclic amines) is 1. The molecule has 0 unspecified atom stereocenters. The Balaban J connectivity index is 0.00000529. The number of carbonyl (C=O) groups excluding carboxylic acids is 1. The van der Waals surface area contributed by atoms with Crippen molar-refractivity contribution in [1.82, 2.24) is 10.2 Å². The van der Waals surface area contributed by atoms with E-state index in [0.29, 0.717) is 33.0 Å². The van der Waals surface area contributed by atoms with Gasteiger partial charge in [0, 0.05) is 26.7 Å². The van der Waals surface area contributed by atoms with Crippen molar-refractivity contribution in [2.75, 3.05) is 59.7 Å². The summed E-state index contributed by atoms with van der Waals surface area (Å²) in [5, 5.41) is 3.30. The van der Waals surface area contributed by atoms with Gasteiger partial charge in [0.2, 0.25) is 0 Å². The zero-order valence-electron chi connectivity index (χ0n) is 15.1. The van der Waals surface area contributed by atoms with Crippen LogP contribution in [0.4, 0.5) is 0 Å². The highest BCUT2D eigenvalue weighted by Gasteiger charge is 2.27. The molecule has 1 rings (SSSR count). The van der Waals surface area contributed by atoms with Gasteiger partial charge in [-0.15, -0.1) is 24.0 Å². The molecule has 7 nitrogen and oxygen atoms in total. The minimum atomic E-state index is -0.0689. The van der Waals surface area contributed by atoms with Crippen molar-refractivity contribution in [3.05, 3.63) is 0 Å². The molecule has 1 aliphatic rings. The third-order valence-electron chi connectivity index (χ3n) is 3.68.